The molecule has 172 valence electrons. The number of phenols is 1. The molecule has 8 heteroatoms. The number of aliphatic hydroxyl groups excluding tert-OH is 1. The minimum atomic E-state index is -0.954. The van der Waals surface area contributed by atoms with Crippen LogP contribution in [0.25, 0.3) is 5.76 Å². The molecule has 34 heavy (non-hydrogen) atoms. The molecule has 1 saturated heterocycles. The molecule has 0 aliphatic carbocycles. The Hall–Kier alpha value is -4.46. The molecule has 0 aromatic heterocycles. The number of anilines is 1. The second kappa shape index (κ2) is 8.47. The number of amides is 1. The number of fused-ring (bicyclic) bond motifs is 1. The summed E-state index contributed by atoms with van der Waals surface area (Å²) in [7, 11) is 1.47. The Bertz CT molecular complexity index is 1310. The Kier molecular flexibility index (Phi) is 5.33. The zero-order chi connectivity index (χ0) is 23.8. The number of para-hydroxylation sites is 2. The SMILES string of the molecule is COc1ccccc1N1C(=O)C(=O)/C(=C(\O)c2ccc3c(c2)OCCO3)C1c1ccc(O)cc1. The van der Waals surface area contributed by atoms with Crippen molar-refractivity contribution < 1.29 is 34.0 Å². The largest absolute Gasteiger partial charge is 0.508 e. The highest BCUT2D eigenvalue weighted by atomic mass is 16.6. The summed E-state index contributed by atoms with van der Waals surface area (Å²) in [5, 5.41) is 21.1. The van der Waals surface area contributed by atoms with Crippen LogP contribution >= 0.6 is 0 Å². The van der Waals surface area contributed by atoms with Crippen LogP contribution in [0.2, 0.25) is 0 Å². The third-order valence-corrected chi connectivity index (χ3v) is 5.81. The quantitative estimate of drug-likeness (QED) is 0.347. The van der Waals surface area contributed by atoms with Crippen molar-refractivity contribution in [2.24, 2.45) is 0 Å². The molecule has 3 aromatic carbocycles. The maximum atomic E-state index is 13.3. The molecule has 1 unspecified atom stereocenters. The van der Waals surface area contributed by atoms with Crippen LogP contribution in [-0.4, -0.2) is 42.2 Å². The van der Waals surface area contributed by atoms with E-state index in [2.05, 4.69) is 0 Å². The molecule has 2 aliphatic rings. The Labute approximate surface area is 195 Å². The van der Waals surface area contributed by atoms with Crippen molar-refractivity contribution in [1.82, 2.24) is 0 Å². The van der Waals surface area contributed by atoms with Gasteiger partial charge in [0.25, 0.3) is 11.7 Å². The van der Waals surface area contributed by atoms with Crippen molar-refractivity contribution in [3.8, 4) is 23.0 Å². The fourth-order valence-electron chi connectivity index (χ4n) is 4.23. The molecule has 0 bridgehead atoms. The van der Waals surface area contributed by atoms with Crippen molar-refractivity contribution >= 4 is 23.1 Å². The van der Waals surface area contributed by atoms with Gasteiger partial charge in [0.15, 0.2) is 11.5 Å². The molecule has 2 heterocycles. The standard InChI is InChI=1S/C26H21NO7/c1-32-19-5-3-2-4-18(19)27-23(15-6-9-17(28)10-7-15)22(25(30)26(27)31)24(29)16-8-11-20-21(14-16)34-13-12-33-20/h2-11,14,23,28-29H,12-13H2,1H3/b24-22-. The summed E-state index contributed by atoms with van der Waals surface area (Å²) in [6.07, 6.45) is 0. The number of aliphatic hydroxyl groups is 1. The van der Waals surface area contributed by atoms with E-state index in [0.717, 1.165) is 0 Å². The minimum Gasteiger partial charge on any atom is -0.508 e. The first-order valence-corrected chi connectivity index (χ1v) is 10.6. The average Bonchev–Trinajstić information content (AvgIpc) is 3.13. The van der Waals surface area contributed by atoms with E-state index in [4.69, 9.17) is 14.2 Å². The average molecular weight is 459 g/mol. The molecule has 5 rings (SSSR count). The van der Waals surface area contributed by atoms with E-state index in [1.165, 1.54) is 24.1 Å². The molecule has 1 atom stereocenters. The van der Waals surface area contributed by atoms with Crippen LogP contribution in [0.15, 0.2) is 72.3 Å². The maximum Gasteiger partial charge on any atom is 0.300 e. The summed E-state index contributed by atoms with van der Waals surface area (Å²) in [4.78, 5) is 27.9. The van der Waals surface area contributed by atoms with Crippen LogP contribution in [0.1, 0.15) is 17.2 Å². The molecule has 2 N–H and O–H groups in total. The van der Waals surface area contributed by atoms with Gasteiger partial charge in [0.05, 0.1) is 24.4 Å². The first-order valence-electron chi connectivity index (χ1n) is 10.6. The summed E-state index contributed by atoms with van der Waals surface area (Å²) in [6.45, 7) is 0.784. The molecule has 8 nitrogen and oxygen atoms in total. The first kappa shape index (κ1) is 21.4. The van der Waals surface area contributed by atoms with E-state index in [1.807, 2.05) is 0 Å². The number of nitrogens with zero attached hydrogens (tertiary/aromatic N) is 1. The maximum absolute atomic E-state index is 13.3. The lowest BCUT2D eigenvalue weighted by molar-refractivity contribution is -0.132. The molecule has 0 saturated carbocycles. The van der Waals surface area contributed by atoms with Crippen molar-refractivity contribution in [3.63, 3.8) is 0 Å². The van der Waals surface area contributed by atoms with Crippen molar-refractivity contribution in [2.45, 2.75) is 6.04 Å². The van der Waals surface area contributed by atoms with Crippen LogP contribution < -0.4 is 19.1 Å². The first-order chi connectivity index (χ1) is 16.5. The van der Waals surface area contributed by atoms with Crippen LogP contribution in [0.5, 0.6) is 23.0 Å². The van der Waals surface area contributed by atoms with E-state index in [1.54, 1.807) is 54.6 Å². The number of benzene rings is 3. The summed E-state index contributed by atoms with van der Waals surface area (Å²) >= 11 is 0. The normalized spacial score (nSPS) is 18.7. The summed E-state index contributed by atoms with van der Waals surface area (Å²) in [6, 6.07) is 16.8. The molecule has 1 amide bonds. The van der Waals surface area contributed by atoms with Gasteiger partial charge in [-0.05, 0) is 48.0 Å². The predicted octanol–water partition coefficient (Wildman–Crippen LogP) is 3.80. The molecule has 0 spiro atoms. The summed E-state index contributed by atoms with van der Waals surface area (Å²) in [5.74, 6) is -0.580. The van der Waals surface area contributed by atoms with Crippen LogP contribution in [0.3, 0.4) is 0 Å². The van der Waals surface area contributed by atoms with Gasteiger partial charge in [-0.25, -0.2) is 0 Å². The molecule has 2 aliphatic heterocycles. The van der Waals surface area contributed by atoms with E-state index >= 15 is 0 Å². The van der Waals surface area contributed by atoms with Gasteiger partial charge < -0.3 is 24.4 Å². The third-order valence-electron chi connectivity index (χ3n) is 5.81. The van der Waals surface area contributed by atoms with Crippen LogP contribution in [0, 0.1) is 0 Å². The number of carbonyl (C=O) groups excluding carboxylic acids is 2. The van der Waals surface area contributed by atoms with Gasteiger partial charge in [-0.2, -0.15) is 0 Å². The van der Waals surface area contributed by atoms with E-state index in [9.17, 15) is 19.8 Å². The predicted molar refractivity (Wildman–Crippen MR) is 123 cm³/mol. The van der Waals surface area contributed by atoms with Crippen LogP contribution in [-0.2, 0) is 9.59 Å². The summed E-state index contributed by atoms with van der Waals surface area (Å²) < 4.78 is 16.6. The Morgan fingerprint density at radius 3 is 2.41 bits per heavy atom. The highest BCUT2D eigenvalue weighted by Crippen LogP contribution is 2.45. The van der Waals surface area contributed by atoms with E-state index < -0.39 is 17.7 Å². The lowest BCUT2D eigenvalue weighted by atomic mass is 9.95. The number of ketones is 1. The van der Waals surface area contributed by atoms with E-state index in [-0.39, 0.29) is 17.1 Å². The number of ether oxygens (including phenoxy) is 3. The lowest BCUT2D eigenvalue weighted by Gasteiger charge is -2.27. The van der Waals surface area contributed by atoms with Gasteiger partial charge in [0, 0.05) is 5.56 Å². The van der Waals surface area contributed by atoms with Crippen molar-refractivity contribution in [3.05, 3.63) is 83.4 Å². The Morgan fingerprint density at radius 1 is 0.971 bits per heavy atom. The smallest absolute Gasteiger partial charge is 0.300 e. The monoisotopic (exact) mass is 459 g/mol. The minimum absolute atomic E-state index is 0.0322. The highest BCUT2D eigenvalue weighted by molar-refractivity contribution is 6.52. The number of hydrogen-bond acceptors (Lipinski definition) is 7. The van der Waals surface area contributed by atoms with Crippen molar-refractivity contribution in [2.75, 3.05) is 25.2 Å². The second-order valence-electron chi connectivity index (χ2n) is 7.79. The number of aromatic hydroxyl groups is 1. The number of carbonyl (C=O) groups is 2. The van der Waals surface area contributed by atoms with Gasteiger partial charge in [-0.15, -0.1) is 0 Å². The number of phenolic OH excluding ortho intramolecular Hbond substituents is 1. The molecule has 0 radical (unpaired) electrons. The second-order valence-corrected chi connectivity index (χ2v) is 7.79. The zero-order valence-corrected chi connectivity index (χ0v) is 18.2. The zero-order valence-electron chi connectivity index (χ0n) is 18.2. The highest BCUT2D eigenvalue weighted by Gasteiger charge is 2.47. The van der Waals surface area contributed by atoms with Gasteiger partial charge in [0.1, 0.15) is 30.5 Å². The molecular weight excluding hydrogens is 438 g/mol. The lowest BCUT2D eigenvalue weighted by Crippen LogP contribution is -2.29. The Morgan fingerprint density at radius 2 is 1.68 bits per heavy atom. The van der Waals surface area contributed by atoms with E-state index in [0.29, 0.717) is 47.3 Å². The Balaban J connectivity index is 1.71. The van der Waals surface area contributed by atoms with Crippen LogP contribution in [0.4, 0.5) is 5.69 Å². The van der Waals surface area contributed by atoms with Gasteiger partial charge in [0.2, 0.25) is 0 Å². The number of Topliss-reactive ketones (excluding diaryl/α,β-unsaturated/α-hetero) is 1. The molecule has 3 aromatic rings. The number of methoxy groups -OCH3 is 1. The summed E-state index contributed by atoms with van der Waals surface area (Å²) in [5.41, 5.74) is 1.14. The van der Waals surface area contributed by atoms with Crippen molar-refractivity contribution in [1.29, 1.82) is 0 Å². The fourth-order valence-corrected chi connectivity index (χ4v) is 4.23. The number of hydrogen-bond donors (Lipinski definition) is 2. The molecular formula is C26H21NO7. The van der Waals surface area contributed by atoms with Gasteiger partial charge in [-0.3, -0.25) is 14.5 Å². The topological polar surface area (TPSA) is 106 Å². The molecule has 1 fully saturated rings. The van der Waals surface area contributed by atoms with Gasteiger partial charge in [-0.1, -0.05) is 24.3 Å². The number of rotatable bonds is 4. The fraction of sp³-hybridized carbons (Fsp3) is 0.154. The third kappa shape index (κ3) is 3.49. The van der Waals surface area contributed by atoms with Gasteiger partial charge >= 0.3 is 0 Å².